The van der Waals surface area contributed by atoms with Gasteiger partial charge in [0.25, 0.3) is 0 Å². The number of hydrogen-bond donors (Lipinski definition) is 2. The van der Waals surface area contributed by atoms with Gasteiger partial charge in [-0.25, -0.2) is 4.98 Å². The molecule has 0 radical (unpaired) electrons. The van der Waals surface area contributed by atoms with E-state index in [1.807, 2.05) is 30.3 Å². The lowest BCUT2D eigenvalue weighted by Gasteiger charge is -2.05. The number of imidazole rings is 1. The minimum atomic E-state index is 0.677. The highest BCUT2D eigenvalue weighted by atomic mass is 16.5. The lowest BCUT2D eigenvalue weighted by Crippen LogP contribution is -1.92. The zero-order valence-electron chi connectivity index (χ0n) is 10.9. The standard InChI is InChI=1S/C15H15N3O/c1-9-3-6-13-14(7-9)18-15(17-13)11-8-10(19-2)4-5-12(11)16/h3-8H,16H2,1-2H3,(H,17,18). The number of nitrogens with one attached hydrogen (secondary N) is 1. The van der Waals surface area contributed by atoms with Crippen molar-refractivity contribution in [3.05, 3.63) is 42.0 Å². The number of anilines is 1. The van der Waals surface area contributed by atoms with E-state index in [1.165, 1.54) is 5.56 Å². The maximum atomic E-state index is 6.01. The Morgan fingerprint density at radius 3 is 2.79 bits per heavy atom. The van der Waals surface area contributed by atoms with Crippen LogP contribution in [0, 0.1) is 6.92 Å². The Bertz CT molecular complexity index is 746. The number of nitrogens with two attached hydrogens (primary N) is 1. The van der Waals surface area contributed by atoms with E-state index in [0.717, 1.165) is 28.2 Å². The Kier molecular flexibility index (Phi) is 2.63. The van der Waals surface area contributed by atoms with Crippen molar-refractivity contribution in [2.45, 2.75) is 6.92 Å². The lowest BCUT2D eigenvalue weighted by atomic mass is 10.1. The van der Waals surface area contributed by atoms with E-state index >= 15 is 0 Å². The van der Waals surface area contributed by atoms with Crippen molar-refractivity contribution in [3.8, 4) is 17.1 Å². The Labute approximate surface area is 111 Å². The van der Waals surface area contributed by atoms with Gasteiger partial charge in [0.05, 0.1) is 18.1 Å². The molecular weight excluding hydrogens is 238 g/mol. The number of aromatic nitrogens is 2. The number of aromatic amines is 1. The first-order valence-electron chi connectivity index (χ1n) is 6.07. The Balaban J connectivity index is 2.18. The highest BCUT2D eigenvalue weighted by Gasteiger charge is 2.09. The summed E-state index contributed by atoms with van der Waals surface area (Å²) >= 11 is 0. The van der Waals surface area contributed by atoms with Crippen molar-refractivity contribution >= 4 is 16.7 Å². The third-order valence-electron chi connectivity index (χ3n) is 3.15. The van der Waals surface area contributed by atoms with Crippen LogP contribution in [0.1, 0.15) is 5.56 Å². The average molecular weight is 253 g/mol. The first-order chi connectivity index (χ1) is 9.17. The molecule has 0 unspecified atom stereocenters. The molecule has 0 aliphatic heterocycles. The second-order valence-electron chi connectivity index (χ2n) is 4.56. The Morgan fingerprint density at radius 1 is 1.16 bits per heavy atom. The number of H-pyrrole nitrogens is 1. The number of aryl methyl sites for hydroxylation is 1. The highest BCUT2D eigenvalue weighted by Crippen LogP contribution is 2.29. The van der Waals surface area contributed by atoms with Crippen LogP contribution in [0.15, 0.2) is 36.4 Å². The maximum absolute atomic E-state index is 6.01. The summed E-state index contributed by atoms with van der Waals surface area (Å²) in [7, 11) is 1.64. The summed E-state index contributed by atoms with van der Waals surface area (Å²) in [6.45, 7) is 2.06. The van der Waals surface area contributed by atoms with E-state index in [0.29, 0.717) is 5.69 Å². The quantitative estimate of drug-likeness (QED) is 0.690. The van der Waals surface area contributed by atoms with Crippen LogP contribution in [0.3, 0.4) is 0 Å². The summed E-state index contributed by atoms with van der Waals surface area (Å²) in [5.74, 6) is 1.53. The summed E-state index contributed by atoms with van der Waals surface area (Å²) in [6.07, 6.45) is 0. The van der Waals surface area contributed by atoms with Gasteiger partial charge in [0.15, 0.2) is 0 Å². The smallest absolute Gasteiger partial charge is 0.140 e. The number of fused-ring (bicyclic) bond motifs is 1. The van der Waals surface area contributed by atoms with Crippen molar-refractivity contribution in [2.24, 2.45) is 0 Å². The second-order valence-corrected chi connectivity index (χ2v) is 4.56. The van der Waals surface area contributed by atoms with Gasteiger partial charge in [-0.3, -0.25) is 0 Å². The zero-order chi connectivity index (χ0) is 13.4. The van der Waals surface area contributed by atoms with Gasteiger partial charge in [-0.1, -0.05) is 6.07 Å². The molecule has 1 aromatic heterocycles. The summed E-state index contributed by atoms with van der Waals surface area (Å²) in [5, 5.41) is 0. The fourth-order valence-corrected chi connectivity index (χ4v) is 2.12. The van der Waals surface area contributed by atoms with E-state index in [1.54, 1.807) is 7.11 Å². The minimum Gasteiger partial charge on any atom is -0.497 e. The van der Waals surface area contributed by atoms with Crippen LogP contribution >= 0.6 is 0 Å². The minimum absolute atomic E-state index is 0.677. The molecule has 3 aromatic rings. The second kappa shape index (κ2) is 4.31. The summed E-state index contributed by atoms with van der Waals surface area (Å²) in [6, 6.07) is 11.7. The third-order valence-corrected chi connectivity index (χ3v) is 3.15. The fourth-order valence-electron chi connectivity index (χ4n) is 2.12. The summed E-state index contributed by atoms with van der Waals surface area (Å²) in [5.41, 5.74) is 10.7. The molecule has 0 saturated carbocycles. The number of nitrogens with zero attached hydrogens (tertiary/aromatic N) is 1. The van der Waals surface area contributed by atoms with Crippen LogP contribution < -0.4 is 10.5 Å². The number of nitrogen functional groups attached to an aromatic ring is 1. The predicted octanol–water partition coefficient (Wildman–Crippen LogP) is 3.13. The molecule has 0 saturated heterocycles. The van der Waals surface area contributed by atoms with Crippen molar-refractivity contribution < 1.29 is 4.74 Å². The topological polar surface area (TPSA) is 63.9 Å². The Hall–Kier alpha value is -2.49. The molecule has 3 rings (SSSR count). The van der Waals surface area contributed by atoms with Gasteiger partial charge >= 0.3 is 0 Å². The van der Waals surface area contributed by atoms with Crippen molar-refractivity contribution in [2.75, 3.05) is 12.8 Å². The lowest BCUT2D eigenvalue weighted by molar-refractivity contribution is 0.415. The van der Waals surface area contributed by atoms with Crippen molar-refractivity contribution in [1.29, 1.82) is 0 Å². The molecular formula is C15H15N3O. The highest BCUT2D eigenvalue weighted by molar-refractivity contribution is 5.83. The Morgan fingerprint density at radius 2 is 2.00 bits per heavy atom. The molecule has 1 heterocycles. The van der Waals surface area contributed by atoms with E-state index in [4.69, 9.17) is 10.5 Å². The molecule has 0 aliphatic rings. The van der Waals surface area contributed by atoms with E-state index in [9.17, 15) is 0 Å². The number of rotatable bonds is 2. The van der Waals surface area contributed by atoms with Gasteiger partial charge < -0.3 is 15.5 Å². The van der Waals surface area contributed by atoms with Crippen LogP contribution in [0.2, 0.25) is 0 Å². The van der Waals surface area contributed by atoms with Crippen LogP contribution in [-0.2, 0) is 0 Å². The summed E-state index contributed by atoms with van der Waals surface area (Å²) in [4.78, 5) is 7.87. The molecule has 0 atom stereocenters. The molecule has 96 valence electrons. The molecule has 19 heavy (non-hydrogen) atoms. The predicted molar refractivity (Wildman–Crippen MR) is 77.2 cm³/mol. The molecule has 2 aromatic carbocycles. The third kappa shape index (κ3) is 2.01. The molecule has 0 amide bonds. The van der Waals surface area contributed by atoms with E-state index in [2.05, 4.69) is 23.0 Å². The van der Waals surface area contributed by atoms with Gasteiger partial charge in [0.2, 0.25) is 0 Å². The molecule has 0 spiro atoms. The van der Waals surface area contributed by atoms with Crippen molar-refractivity contribution in [1.82, 2.24) is 9.97 Å². The average Bonchev–Trinajstić information content (AvgIpc) is 2.82. The monoisotopic (exact) mass is 253 g/mol. The van der Waals surface area contributed by atoms with Crippen LogP contribution in [0.5, 0.6) is 5.75 Å². The fraction of sp³-hybridized carbons (Fsp3) is 0.133. The van der Waals surface area contributed by atoms with Gasteiger partial charge in [-0.2, -0.15) is 0 Å². The molecule has 0 bridgehead atoms. The number of benzene rings is 2. The number of methoxy groups -OCH3 is 1. The van der Waals surface area contributed by atoms with Crippen LogP contribution in [0.4, 0.5) is 5.69 Å². The molecule has 3 N–H and O–H groups in total. The van der Waals surface area contributed by atoms with Gasteiger partial charge in [-0.05, 0) is 42.8 Å². The van der Waals surface area contributed by atoms with Crippen LogP contribution in [0.25, 0.3) is 22.4 Å². The first-order valence-corrected chi connectivity index (χ1v) is 6.07. The molecule has 0 fully saturated rings. The number of hydrogen-bond acceptors (Lipinski definition) is 3. The SMILES string of the molecule is COc1ccc(N)c(-c2nc3ccc(C)cc3[nH]2)c1. The number of ether oxygens (including phenoxy) is 1. The van der Waals surface area contributed by atoms with Crippen LogP contribution in [-0.4, -0.2) is 17.1 Å². The normalized spacial score (nSPS) is 10.8. The van der Waals surface area contributed by atoms with Gasteiger partial charge in [0.1, 0.15) is 11.6 Å². The molecule has 0 aliphatic carbocycles. The van der Waals surface area contributed by atoms with Crippen molar-refractivity contribution in [3.63, 3.8) is 0 Å². The first kappa shape index (κ1) is 11.6. The summed E-state index contributed by atoms with van der Waals surface area (Å²) < 4.78 is 5.23. The largest absolute Gasteiger partial charge is 0.497 e. The maximum Gasteiger partial charge on any atom is 0.140 e. The van der Waals surface area contributed by atoms with E-state index < -0.39 is 0 Å². The van der Waals surface area contributed by atoms with Gasteiger partial charge in [0, 0.05) is 11.3 Å². The molecule has 4 heteroatoms. The van der Waals surface area contributed by atoms with E-state index in [-0.39, 0.29) is 0 Å². The zero-order valence-corrected chi connectivity index (χ0v) is 10.9. The van der Waals surface area contributed by atoms with Gasteiger partial charge in [-0.15, -0.1) is 0 Å². The molecule has 4 nitrogen and oxygen atoms in total.